The second kappa shape index (κ2) is 10.2. The highest BCUT2D eigenvalue weighted by molar-refractivity contribution is 6.07. The lowest BCUT2D eigenvalue weighted by Crippen LogP contribution is -2.14. The zero-order chi connectivity index (χ0) is 24.2. The van der Waals surface area contributed by atoms with Gasteiger partial charge in [-0.3, -0.25) is 0 Å². The summed E-state index contributed by atoms with van der Waals surface area (Å²) >= 11 is 0. The Kier molecular flexibility index (Phi) is 7.59. The van der Waals surface area contributed by atoms with Crippen LogP contribution in [0.5, 0.6) is 0 Å². The first kappa shape index (κ1) is 24.5. The van der Waals surface area contributed by atoms with Gasteiger partial charge < -0.3 is 0 Å². The molecule has 0 N–H and O–H groups in total. The van der Waals surface area contributed by atoms with Crippen LogP contribution in [0, 0.1) is 0 Å². The van der Waals surface area contributed by atoms with Crippen molar-refractivity contribution < 1.29 is 0 Å². The third-order valence-corrected chi connectivity index (χ3v) is 6.39. The number of benzene rings is 5. The average Bonchev–Trinajstić information content (AvgIpc) is 3.11. The lowest BCUT2D eigenvalue weighted by molar-refractivity contribution is 0.661. The third-order valence-electron chi connectivity index (χ3n) is 6.39. The smallest absolute Gasteiger partial charge is 0.0159 e. The Labute approximate surface area is 200 Å². The molecule has 0 amide bonds. The van der Waals surface area contributed by atoms with E-state index in [1.807, 2.05) is 41.5 Å². The molecule has 0 spiro atoms. The first-order chi connectivity index (χ1) is 16.1. The summed E-state index contributed by atoms with van der Waals surface area (Å²) in [6, 6.07) is 31.5. The molecular weight excluding hydrogens is 396 g/mol. The van der Waals surface area contributed by atoms with Crippen molar-refractivity contribution in [2.45, 2.75) is 60.8 Å². The molecule has 0 aromatic heterocycles. The molecule has 5 aromatic rings. The predicted molar refractivity (Wildman–Crippen MR) is 151 cm³/mol. The summed E-state index contributed by atoms with van der Waals surface area (Å²) in [5.41, 5.74) is 5.72. The summed E-state index contributed by atoms with van der Waals surface area (Å²) in [6.45, 7) is 16.7. The molecule has 0 bridgehead atoms. The minimum atomic E-state index is 0.0224. The molecule has 1 aliphatic carbocycles. The first-order valence-electron chi connectivity index (χ1n) is 12.6. The minimum Gasteiger partial charge on any atom is -0.0683 e. The largest absolute Gasteiger partial charge is 0.0683 e. The molecule has 0 nitrogen and oxygen atoms in total. The van der Waals surface area contributed by atoms with Gasteiger partial charge in [-0.05, 0) is 78.8 Å². The van der Waals surface area contributed by atoms with E-state index < -0.39 is 0 Å². The molecule has 6 rings (SSSR count). The van der Waals surface area contributed by atoms with Crippen molar-refractivity contribution in [2.75, 3.05) is 0 Å². The number of rotatable bonds is 0. The monoisotopic (exact) mass is 434 g/mol. The second-order valence-corrected chi connectivity index (χ2v) is 8.28. The van der Waals surface area contributed by atoms with E-state index in [2.05, 4.69) is 98.8 Å². The normalized spacial score (nSPS) is 12.5. The van der Waals surface area contributed by atoms with Crippen LogP contribution >= 0.6 is 0 Å². The Morgan fingerprint density at radius 3 is 1.58 bits per heavy atom. The van der Waals surface area contributed by atoms with Gasteiger partial charge in [0, 0.05) is 5.41 Å². The summed E-state index contributed by atoms with van der Waals surface area (Å²) in [5, 5.41) is 7.95. The molecule has 1 aliphatic rings. The van der Waals surface area contributed by atoms with Crippen LogP contribution in [0.4, 0.5) is 0 Å². The van der Waals surface area contributed by atoms with Gasteiger partial charge in [-0.2, -0.15) is 0 Å². The van der Waals surface area contributed by atoms with E-state index in [1.54, 1.807) is 0 Å². The molecule has 0 heteroatoms. The van der Waals surface area contributed by atoms with Crippen LogP contribution in [0.1, 0.15) is 66.5 Å². The van der Waals surface area contributed by atoms with Gasteiger partial charge in [0.2, 0.25) is 0 Å². The summed E-state index contributed by atoms with van der Waals surface area (Å²) in [4.78, 5) is 0. The van der Waals surface area contributed by atoms with Gasteiger partial charge in [-0.25, -0.2) is 0 Å². The maximum Gasteiger partial charge on any atom is 0.0159 e. The summed E-state index contributed by atoms with van der Waals surface area (Å²) in [7, 11) is 0. The van der Waals surface area contributed by atoms with Crippen LogP contribution in [-0.2, 0) is 5.41 Å². The fourth-order valence-corrected chi connectivity index (χ4v) is 4.94. The van der Waals surface area contributed by atoms with Crippen molar-refractivity contribution >= 4 is 32.3 Å². The standard InChI is InChI=1S/C27H20.3C2H6/c1-27(2)24-12-11-17-7-5-6-10-22(17)26(24)23-15-20-13-18-8-3-4-9-19(18)14-21(20)16-25(23)27;3*1-2/h3-16H,1-2H3;3*1-2H3. The molecule has 0 radical (unpaired) electrons. The molecule has 0 aliphatic heterocycles. The maximum atomic E-state index is 2.42. The van der Waals surface area contributed by atoms with Gasteiger partial charge in [-0.15, -0.1) is 0 Å². The van der Waals surface area contributed by atoms with E-state index in [1.165, 1.54) is 54.6 Å². The van der Waals surface area contributed by atoms with Crippen molar-refractivity contribution in [2.24, 2.45) is 0 Å². The van der Waals surface area contributed by atoms with Gasteiger partial charge in [0.05, 0.1) is 0 Å². The Bertz CT molecular complexity index is 1390. The van der Waals surface area contributed by atoms with Gasteiger partial charge in [0.15, 0.2) is 0 Å². The van der Waals surface area contributed by atoms with E-state index in [4.69, 9.17) is 0 Å². The van der Waals surface area contributed by atoms with E-state index in [9.17, 15) is 0 Å². The SMILES string of the molecule is CC.CC.CC.CC1(C)c2cc3cc4ccccc4cc3cc2-c2c1ccc1ccccc21. The molecule has 33 heavy (non-hydrogen) atoms. The minimum absolute atomic E-state index is 0.0224. The van der Waals surface area contributed by atoms with Crippen molar-refractivity contribution in [1.82, 2.24) is 0 Å². The van der Waals surface area contributed by atoms with Crippen LogP contribution in [-0.4, -0.2) is 0 Å². The van der Waals surface area contributed by atoms with Crippen LogP contribution in [0.2, 0.25) is 0 Å². The van der Waals surface area contributed by atoms with E-state index in [-0.39, 0.29) is 5.41 Å². The number of hydrogen-bond acceptors (Lipinski definition) is 0. The van der Waals surface area contributed by atoms with Crippen molar-refractivity contribution in [3.63, 3.8) is 0 Å². The lowest BCUT2D eigenvalue weighted by atomic mass is 9.81. The second-order valence-electron chi connectivity index (χ2n) is 8.28. The lowest BCUT2D eigenvalue weighted by Gasteiger charge is -2.22. The fourth-order valence-electron chi connectivity index (χ4n) is 4.94. The zero-order valence-corrected chi connectivity index (χ0v) is 21.6. The van der Waals surface area contributed by atoms with Crippen LogP contribution in [0.15, 0.2) is 84.9 Å². The van der Waals surface area contributed by atoms with Crippen LogP contribution < -0.4 is 0 Å². The summed E-state index contributed by atoms with van der Waals surface area (Å²) in [5.74, 6) is 0. The Balaban J connectivity index is 0.000000475. The molecule has 0 saturated heterocycles. The molecule has 170 valence electrons. The van der Waals surface area contributed by atoms with E-state index >= 15 is 0 Å². The van der Waals surface area contributed by atoms with Crippen molar-refractivity contribution in [3.05, 3.63) is 96.1 Å². The average molecular weight is 435 g/mol. The first-order valence-corrected chi connectivity index (χ1v) is 12.6. The molecule has 5 aromatic carbocycles. The molecule has 0 atom stereocenters. The van der Waals surface area contributed by atoms with Gasteiger partial charge in [0.1, 0.15) is 0 Å². The fraction of sp³-hybridized carbons (Fsp3) is 0.273. The highest BCUT2D eigenvalue weighted by Crippen LogP contribution is 2.52. The molecule has 0 saturated carbocycles. The molecular formula is C33H38. The Hall–Kier alpha value is -3.12. The quantitative estimate of drug-likeness (QED) is 0.213. The predicted octanol–water partition coefficient (Wildman–Crippen LogP) is 10.5. The molecule has 0 unspecified atom stereocenters. The summed E-state index contributed by atoms with van der Waals surface area (Å²) < 4.78 is 0. The molecule has 0 heterocycles. The summed E-state index contributed by atoms with van der Waals surface area (Å²) in [6.07, 6.45) is 0. The van der Waals surface area contributed by atoms with Crippen molar-refractivity contribution in [1.29, 1.82) is 0 Å². The van der Waals surface area contributed by atoms with Crippen molar-refractivity contribution in [3.8, 4) is 11.1 Å². The van der Waals surface area contributed by atoms with Crippen LogP contribution in [0.25, 0.3) is 43.4 Å². The topological polar surface area (TPSA) is 0 Å². The Morgan fingerprint density at radius 2 is 0.970 bits per heavy atom. The number of hydrogen-bond donors (Lipinski definition) is 0. The molecule has 0 fully saturated rings. The zero-order valence-electron chi connectivity index (χ0n) is 21.6. The van der Waals surface area contributed by atoms with Gasteiger partial charge >= 0.3 is 0 Å². The van der Waals surface area contributed by atoms with Gasteiger partial charge in [0.25, 0.3) is 0 Å². The Morgan fingerprint density at radius 1 is 0.455 bits per heavy atom. The van der Waals surface area contributed by atoms with E-state index in [0.717, 1.165) is 0 Å². The van der Waals surface area contributed by atoms with E-state index in [0.29, 0.717) is 0 Å². The third kappa shape index (κ3) is 4.04. The number of fused-ring (bicyclic) bond motifs is 7. The van der Waals surface area contributed by atoms with Crippen LogP contribution in [0.3, 0.4) is 0 Å². The maximum absolute atomic E-state index is 2.42. The van der Waals surface area contributed by atoms with Gasteiger partial charge in [-0.1, -0.05) is 116 Å². The highest BCUT2D eigenvalue weighted by Gasteiger charge is 2.36. The highest BCUT2D eigenvalue weighted by atomic mass is 14.4.